The van der Waals surface area contributed by atoms with E-state index in [1.165, 1.54) is 0 Å². The number of benzene rings is 1. The summed E-state index contributed by atoms with van der Waals surface area (Å²) in [6.07, 6.45) is -1.09. The summed E-state index contributed by atoms with van der Waals surface area (Å²) < 4.78 is 10.7. The van der Waals surface area contributed by atoms with Gasteiger partial charge in [0.2, 0.25) is 0 Å². The van der Waals surface area contributed by atoms with E-state index in [9.17, 15) is 14.4 Å². The van der Waals surface area contributed by atoms with Crippen LogP contribution >= 0.6 is 0 Å². The van der Waals surface area contributed by atoms with E-state index in [4.69, 9.17) is 15.2 Å². The molecule has 0 saturated carbocycles. The molecular formula is C16H22N2O5. The largest absolute Gasteiger partial charge is 0.491 e. The number of ether oxygens (including phenoxy) is 2. The Balaban J connectivity index is 2.78. The number of nitrogens with one attached hydrogen (secondary N) is 1. The number of carbonyl (C=O) groups excluding carboxylic acids is 3. The molecule has 0 bridgehead atoms. The molecule has 7 nitrogen and oxygen atoms in total. The Morgan fingerprint density at radius 3 is 2.04 bits per heavy atom. The highest BCUT2D eigenvalue weighted by Crippen LogP contribution is 2.16. The number of hydrogen-bond acceptors (Lipinski definition) is 5. The smallest absolute Gasteiger partial charge is 0.338 e. The average Bonchev–Trinajstić information content (AvgIpc) is 2.43. The van der Waals surface area contributed by atoms with Gasteiger partial charge in [-0.3, -0.25) is 10.1 Å². The number of esters is 1. The summed E-state index contributed by atoms with van der Waals surface area (Å²) in [6, 6.07) is 5.38. The van der Waals surface area contributed by atoms with Gasteiger partial charge in [0.15, 0.2) is 6.10 Å². The molecule has 0 saturated heterocycles. The standard InChI is InChI=1S/C16H22N2O5/c1-9(2)13(14(19)18-16(17)21)23-15(20)11-5-7-12(8-6-11)22-10(3)4/h5-10,13H,1-4H3,(H3,17,18,19,21)/t13-/m1/s1. The summed E-state index contributed by atoms with van der Waals surface area (Å²) in [5.74, 6) is -1.11. The molecule has 1 atom stereocenters. The molecule has 3 amide bonds. The van der Waals surface area contributed by atoms with Gasteiger partial charge in [-0.05, 0) is 44.0 Å². The van der Waals surface area contributed by atoms with Gasteiger partial charge >= 0.3 is 12.0 Å². The Hall–Kier alpha value is -2.57. The van der Waals surface area contributed by atoms with Crippen molar-refractivity contribution in [3.63, 3.8) is 0 Å². The minimum Gasteiger partial charge on any atom is -0.491 e. The Kier molecular flexibility index (Phi) is 6.56. The van der Waals surface area contributed by atoms with Crippen molar-refractivity contribution in [1.82, 2.24) is 5.32 Å². The maximum absolute atomic E-state index is 12.1. The van der Waals surface area contributed by atoms with Crippen LogP contribution in [0.1, 0.15) is 38.1 Å². The summed E-state index contributed by atoms with van der Waals surface area (Å²) in [6.45, 7) is 7.18. The lowest BCUT2D eigenvalue weighted by Gasteiger charge is -2.20. The van der Waals surface area contributed by atoms with Gasteiger partial charge in [0.1, 0.15) is 5.75 Å². The van der Waals surface area contributed by atoms with Gasteiger partial charge in [0.05, 0.1) is 11.7 Å². The number of rotatable bonds is 6. The summed E-state index contributed by atoms with van der Waals surface area (Å²) in [4.78, 5) is 34.7. The van der Waals surface area contributed by atoms with Gasteiger partial charge < -0.3 is 15.2 Å². The summed E-state index contributed by atoms with van der Waals surface area (Å²) in [7, 11) is 0. The maximum atomic E-state index is 12.1. The molecule has 1 aromatic rings. The lowest BCUT2D eigenvalue weighted by Crippen LogP contribution is -2.45. The van der Waals surface area contributed by atoms with Crippen LogP contribution in [0.25, 0.3) is 0 Å². The van der Waals surface area contributed by atoms with E-state index in [1.54, 1.807) is 38.1 Å². The zero-order chi connectivity index (χ0) is 17.6. The van der Waals surface area contributed by atoms with Crippen molar-refractivity contribution in [3.05, 3.63) is 29.8 Å². The van der Waals surface area contributed by atoms with Crippen LogP contribution in [0.5, 0.6) is 5.75 Å². The molecule has 3 N–H and O–H groups in total. The van der Waals surface area contributed by atoms with Crippen molar-refractivity contribution < 1.29 is 23.9 Å². The third kappa shape index (κ3) is 5.98. The molecule has 0 radical (unpaired) electrons. The SMILES string of the molecule is CC(C)Oc1ccc(C(=O)O[C@@H](C(=O)NC(N)=O)C(C)C)cc1. The molecule has 0 aromatic heterocycles. The fourth-order valence-electron chi connectivity index (χ4n) is 1.81. The summed E-state index contributed by atoms with van der Waals surface area (Å²) in [5, 5.41) is 1.91. The van der Waals surface area contributed by atoms with Crippen LogP contribution in [0.2, 0.25) is 0 Å². The van der Waals surface area contributed by atoms with E-state index >= 15 is 0 Å². The quantitative estimate of drug-likeness (QED) is 0.777. The second-order valence-corrected chi connectivity index (χ2v) is 5.61. The predicted molar refractivity (Wildman–Crippen MR) is 84.0 cm³/mol. The van der Waals surface area contributed by atoms with E-state index in [-0.39, 0.29) is 17.6 Å². The fourth-order valence-corrected chi connectivity index (χ4v) is 1.81. The Bertz CT molecular complexity index is 566. The number of hydrogen-bond donors (Lipinski definition) is 2. The minimum atomic E-state index is -1.11. The van der Waals surface area contributed by atoms with Crippen molar-refractivity contribution in [2.75, 3.05) is 0 Å². The van der Waals surface area contributed by atoms with Crippen LogP contribution in [0.4, 0.5) is 4.79 Å². The third-order valence-electron chi connectivity index (χ3n) is 2.81. The van der Waals surface area contributed by atoms with Crippen LogP contribution in [0.15, 0.2) is 24.3 Å². The van der Waals surface area contributed by atoms with Gasteiger partial charge in [0.25, 0.3) is 5.91 Å². The van der Waals surface area contributed by atoms with Crippen molar-refractivity contribution in [3.8, 4) is 5.75 Å². The van der Waals surface area contributed by atoms with E-state index in [1.807, 2.05) is 19.2 Å². The predicted octanol–water partition coefficient (Wildman–Crippen LogP) is 1.85. The van der Waals surface area contributed by atoms with E-state index in [0.29, 0.717) is 5.75 Å². The monoisotopic (exact) mass is 322 g/mol. The van der Waals surface area contributed by atoms with Crippen LogP contribution in [0, 0.1) is 5.92 Å². The Labute approximate surface area is 135 Å². The Morgan fingerprint density at radius 2 is 1.61 bits per heavy atom. The molecule has 23 heavy (non-hydrogen) atoms. The first-order valence-electron chi connectivity index (χ1n) is 7.28. The van der Waals surface area contributed by atoms with Crippen molar-refractivity contribution in [2.45, 2.75) is 39.9 Å². The molecule has 0 unspecified atom stereocenters. The molecule has 0 aliphatic carbocycles. The highest BCUT2D eigenvalue weighted by atomic mass is 16.5. The summed E-state index contributed by atoms with van der Waals surface area (Å²) >= 11 is 0. The average molecular weight is 322 g/mol. The summed E-state index contributed by atoms with van der Waals surface area (Å²) in [5.41, 5.74) is 5.18. The Morgan fingerprint density at radius 1 is 1.04 bits per heavy atom. The van der Waals surface area contributed by atoms with Crippen molar-refractivity contribution in [1.29, 1.82) is 0 Å². The molecule has 126 valence electrons. The molecule has 0 aliphatic rings. The number of urea groups is 1. The molecule has 1 rings (SSSR count). The lowest BCUT2D eigenvalue weighted by molar-refractivity contribution is -0.130. The first-order chi connectivity index (χ1) is 10.7. The second kappa shape index (κ2) is 8.17. The molecule has 7 heteroatoms. The van der Waals surface area contributed by atoms with Crippen LogP contribution in [-0.2, 0) is 9.53 Å². The zero-order valence-electron chi connectivity index (χ0n) is 13.7. The number of nitrogens with two attached hydrogens (primary N) is 1. The first kappa shape index (κ1) is 18.5. The number of amides is 3. The van der Waals surface area contributed by atoms with Crippen LogP contribution < -0.4 is 15.8 Å². The molecule has 1 aromatic carbocycles. The van der Waals surface area contributed by atoms with Crippen molar-refractivity contribution >= 4 is 17.9 Å². The molecule has 0 aliphatic heterocycles. The van der Waals surface area contributed by atoms with Crippen LogP contribution in [0.3, 0.4) is 0 Å². The second-order valence-electron chi connectivity index (χ2n) is 5.61. The number of primary amides is 1. The van der Waals surface area contributed by atoms with Gasteiger partial charge in [-0.1, -0.05) is 13.8 Å². The fraction of sp³-hybridized carbons (Fsp3) is 0.438. The van der Waals surface area contributed by atoms with Gasteiger partial charge in [0, 0.05) is 0 Å². The minimum absolute atomic E-state index is 0.0237. The highest BCUT2D eigenvalue weighted by Gasteiger charge is 2.27. The molecule has 0 heterocycles. The molecular weight excluding hydrogens is 300 g/mol. The topological polar surface area (TPSA) is 108 Å². The number of imide groups is 1. The zero-order valence-corrected chi connectivity index (χ0v) is 13.7. The van der Waals surface area contributed by atoms with Gasteiger partial charge in [-0.2, -0.15) is 0 Å². The van der Waals surface area contributed by atoms with E-state index in [0.717, 1.165) is 0 Å². The van der Waals surface area contributed by atoms with Crippen molar-refractivity contribution in [2.24, 2.45) is 11.7 Å². The van der Waals surface area contributed by atoms with Gasteiger partial charge in [-0.25, -0.2) is 9.59 Å². The van der Waals surface area contributed by atoms with Crippen LogP contribution in [-0.4, -0.2) is 30.1 Å². The lowest BCUT2D eigenvalue weighted by atomic mass is 10.1. The first-order valence-corrected chi connectivity index (χ1v) is 7.28. The maximum Gasteiger partial charge on any atom is 0.338 e. The molecule has 0 fully saturated rings. The number of carbonyl (C=O) groups is 3. The van der Waals surface area contributed by atoms with E-state index < -0.39 is 24.0 Å². The normalized spacial score (nSPS) is 11.9. The highest BCUT2D eigenvalue weighted by molar-refractivity contribution is 5.98. The molecule has 0 spiro atoms. The third-order valence-corrected chi connectivity index (χ3v) is 2.81. The van der Waals surface area contributed by atoms with E-state index in [2.05, 4.69) is 0 Å². The van der Waals surface area contributed by atoms with Gasteiger partial charge in [-0.15, -0.1) is 0 Å².